The summed E-state index contributed by atoms with van der Waals surface area (Å²) in [5, 5.41) is 3.06. The molecule has 0 radical (unpaired) electrons. The summed E-state index contributed by atoms with van der Waals surface area (Å²) in [4.78, 5) is 4.06. The van der Waals surface area contributed by atoms with E-state index in [2.05, 4.69) is 16.2 Å². The van der Waals surface area contributed by atoms with E-state index in [1.54, 1.807) is 6.20 Å². The van der Waals surface area contributed by atoms with Crippen molar-refractivity contribution in [3.05, 3.63) is 12.4 Å². The molecule has 58 valence electrons. The molecule has 0 spiro atoms. The first-order chi connectivity index (χ1) is 5.24. The summed E-state index contributed by atoms with van der Waals surface area (Å²) >= 11 is 0. The Bertz CT molecular complexity index is 269. The number of hydrogen-bond donors (Lipinski definition) is 1. The summed E-state index contributed by atoms with van der Waals surface area (Å²) < 4.78 is 1.88. The molecule has 1 aromatic rings. The highest BCUT2D eigenvalue weighted by Gasteiger charge is 2.00. The standard InChI is InChI=1S/C8H11N3/c1-4-7(2)10-8-9-5-6-11(8)3/h1,5-7H,2-3H3,(H,9,10). The van der Waals surface area contributed by atoms with Gasteiger partial charge in [0.15, 0.2) is 0 Å². The molecule has 0 aromatic carbocycles. The van der Waals surface area contributed by atoms with Crippen molar-refractivity contribution < 1.29 is 0 Å². The predicted molar refractivity (Wildman–Crippen MR) is 45.1 cm³/mol. The monoisotopic (exact) mass is 149 g/mol. The number of imidazole rings is 1. The van der Waals surface area contributed by atoms with E-state index in [9.17, 15) is 0 Å². The zero-order valence-electron chi connectivity index (χ0n) is 6.70. The molecule has 1 unspecified atom stereocenters. The normalized spacial score (nSPS) is 12.1. The third-order valence-corrected chi connectivity index (χ3v) is 1.42. The molecule has 0 amide bonds. The van der Waals surface area contributed by atoms with Crippen molar-refractivity contribution in [2.24, 2.45) is 7.05 Å². The van der Waals surface area contributed by atoms with Crippen molar-refractivity contribution in [3.8, 4) is 12.3 Å². The van der Waals surface area contributed by atoms with Crippen molar-refractivity contribution in [3.63, 3.8) is 0 Å². The van der Waals surface area contributed by atoms with Gasteiger partial charge in [0.25, 0.3) is 0 Å². The smallest absolute Gasteiger partial charge is 0.203 e. The molecule has 0 fully saturated rings. The van der Waals surface area contributed by atoms with Gasteiger partial charge in [-0.3, -0.25) is 0 Å². The van der Waals surface area contributed by atoms with Gasteiger partial charge in [-0.1, -0.05) is 5.92 Å². The molecule has 1 heterocycles. The number of aryl methyl sites for hydroxylation is 1. The molecule has 3 heteroatoms. The summed E-state index contributed by atoms with van der Waals surface area (Å²) in [5.74, 6) is 3.37. The van der Waals surface area contributed by atoms with Crippen LogP contribution in [-0.2, 0) is 7.05 Å². The maximum Gasteiger partial charge on any atom is 0.203 e. The van der Waals surface area contributed by atoms with Crippen LogP contribution in [0.4, 0.5) is 5.95 Å². The number of anilines is 1. The van der Waals surface area contributed by atoms with Crippen LogP contribution in [0.25, 0.3) is 0 Å². The maximum atomic E-state index is 5.19. The molecule has 0 bridgehead atoms. The van der Waals surface area contributed by atoms with E-state index in [4.69, 9.17) is 6.42 Å². The first-order valence-electron chi connectivity index (χ1n) is 3.44. The molecule has 0 saturated heterocycles. The molecule has 0 aliphatic carbocycles. The second kappa shape index (κ2) is 3.11. The largest absolute Gasteiger partial charge is 0.342 e. The summed E-state index contributed by atoms with van der Waals surface area (Å²) in [5.41, 5.74) is 0. The highest BCUT2D eigenvalue weighted by Crippen LogP contribution is 2.01. The third kappa shape index (κ3) is 1.74. The average molecular weight is 149 g/mol. The van der Waals surface area contributed by atoms with Gasteiger partial charge in [0.05, 0.1) is 6.04 Å². The first kappa shape index (κ1) is 7.67. The number of rotatable bonds is 2. The Morgan fingerprint density at radius 3 is 3.00 bits per heavy atom. The lowest BCUT2D eigenvalue weighted by Gasteiger charge is -2.07. The van der Waals surface area contributed by atoms with Gasteiger partial charge in [-0.05, 0) is 6.92 Å². The van der Waals surface area contributed by atoms with E-state index in [1.165, 1.54) is 0 Å². The Balaban J connectivity index is 2.66. The molecule has 3 nitrogen and oxygen atoms in total. The van der Waals surface area contributed by atoms with Crippen LogP contribution in [0, 0.1) is 12.3 Å². The van der Waals surface area contributed by atoms with Gasteiger partial charge < -0.3 is 9.88 Å². The quantitative estimate of drug-likeness (QED) is 0.632. The molecule has 1 atom stereocenters. The minimum atomic E-state index is 0.0242. The van der Waals surface area contributed by atoms with E-state index >= 15 is 0 Å². The lowest BCUT2D eigenvalue weighted by molar-refractivity contribution is 0.882. The Labute approximate surface area is 66.4 Å². The molecule has 1 aromatic heterocycles. The second-order valence-corrected chi connectivity index (χ2v) is 2.39. The van der Waals surface area contributed by atoms with Gasteiger partial charge in [-0.15, -0.1) is 6.42 Å². The molecule has 0 aliphatic heterocycles. The van der Waals surface area contributed by atoms with Crippen LogP contribution in [-0.4, -0.2) is 15.6 Å². The van der Waals surface area contributed by atoms with Crippen molar-refractivity contribution >= 4 is 5.95 Å². The Morgan fingerprint density at radius 2 is 2.55 bits per heavy atom. The maximum absolute atomic E-state index is 5.19. The number of hydrogen-bond acceptors (Lipinski definition) is 2. The summed E-state index contributed by atoms with van der Waals surface area (Å²) in [7, 11) is 1.92. The van der Waals surface area contributed by atoms with Gasteiger partial charge in [0.2, 0.25) is 5.95 Å². The third-order valence-electron chi connectivity index (χ3n) is 1.42. The number of nitrogens with one attached hydrogen (secondary N) is 1. The molecular formula is C8H11N3. The molecule has 11 heavy (non-hydrogen) atoms. The van der Waals surface area contributed by atoms with E-state index in [1.807, 2.05) is 24.7 Å². The van der Waals surface area contributed by atoms with Crippen molar-refractivity contribution in [1.82, 2.24) is 9.55 Å². The second-order valence-electron chi connectivity index (χ2n) is 2.39. The average Bonchev–Trinajstić information content (AvgIpc) is 2.37. The van der Waals surface area contributed by atoms with Crippen LogP contribution in [0.5, 0.6) is 0 Å². The van der Waals surface area contributed by atoms with Gasteiger partial charge in [0, 0.05) is 19.4 Å². The Kier molecular flexibility index (Phi) is 2.17. The van der Waals surface area contributed by atoms with Crippen LogP contribution in [0.3, 0.4) is 0 Å². The minimum absolute atomic E-state index is 0.0242. The fraction of sp³-hybridized carbons (Fsp3) is 0.375. The topological polar surface area (TPSA) is 29.9 Å². The summed E-state index contributed by atoms with van der Waals surface area (Å²) in [6, 6.07) is 0.0242. The minimum Gasteiger partial charge on any atom is -0.342 e. The fourth-order valence-electron chi connectivity index (χ4n) is 0.740. The zero-order valence-corrected chi connectivity index (χ0v) is 6.70. The van der Waals surface area contributed by atoms with Crippen molar-refractivity contribution in [1.29, 1.82) is 0 Å². The summed E-state index contributed by atoms with van der Waals surface area (Å²) in [6.45, 7) is 1.91. The van der Waals surface area contributed by atoms with Gasteiger partial charge >= 0.3 is 0 Å². The molecule has 0 saturated carbocycles. The molecule has 1 N–H and O–H groups in total. The summed E-state index contributed by atoms with van der Waals surface area (Å²) in [6.07, 6.45) is 8.78. The van der Waals surface area contributed by atoms with Crippen LogP contribution >= 0.6 is 0 Å². The Morgan fingerprint density at radius 1 is 1.82 bits per heavy atom. The highest BCUT2D eigenvalue weighted by molar-refractivity contribution is 5.30. The lowest BCUT2D eigenvalue weighted by Crippen LogP contribution is -2.15. The number of aromatic nitrogens is 2. The van der Waals surface area contributed by atoms with E-state index in [0.29, 0.717) is 0 Å². The van der Waals surface area contributed by atoms with Gasteiger partial charge in [0.1, 0.15) is 0 Å². The SMILES string of the molecule is C#CC(C)Nc1nccn1C. The number of nitrogens with zero attached hydrogens (tertiary/aromatic N) is 2. The predicted octanol–water partition coefficient (Wildman–Crippen LogP) is 0.854. The van der Waals surface area contributed by atoms with Gasteiger partial charge in [-0.2, -0.15) is 0 Å². The molecule has 0 aliphatic rings. The highest BCUT2D eigenvalue weighted by atomic mass is 15.2. The molecule has 1 rings (SSSR count). The van der Waals surface area contributed by atoms with E-state index < -0.39 is 0 Å². The van der Waals surface area contributed by atoms with Crippen molar-refractivity contribution in [2.45, 2.75) is 13.0 Å². The van der Waals surface area contributed by atoms with Gasteiger partial charge in [-0.25, -0.2) is 4.98 Å². The fourth-order valence-corrected chi connectivity index (χ4v) is 0.740. The van der Waals surface area contributed by atoms with Crippen LogP contribution in [0.1, 0.15) is 6.92 Å². The van der Waals surface area contributed by atoms with Crippen LogP contribution in [0.2, 0.25) is 0 Å². The van der Waals surface area contributed by atoms with Crippen LogP contribution in [0.15, 0.2) is 12.4 Å². The number of terminal acetylenes is 1. The van der Waals surface area contributed by atoms with E-state index in [-0.39, 0.29) is 6.04 Å². The lowest BCUT2D eigenvalue weighted by atomic mass is 10.4. The van der Waals surface area contributed by atoms with E-state index in [0.717, 1.165) is 5.95 Å². The zero-order chi connectivity index (χ0) is 8.27. The van der Waals surface area contributed by atoms with Crippen LogP contribution < -0.4 is 5.32 Å². The molecular weight excluding hydrogens is 138 g/mol. The van der Waals surface area contributed by atoms with Crippen molar-refractivity contribution in [2.75, 3.05) is 5.32 Å². The Hall–Kier alpha value is -1.43. The first-order valence-corrected chi connectivity index (χ1v) is 3.44.